The maximum absolute atomic E-state index is 6.42. The van der Waals surface area contributed by atoms with Crippen LogP contribution >= 0.6 is 0 Å². The zero-order chi connectivity index (χ0) is 36.3. The van der Waals surface area contributed by atoms with Crippen LogP contribution in [0.5, 0.6) is 0 Å². The summed E-state index contributed by atoms with van der Waals surface area (Å²) in [6, 6.07) is 71.2. The zero-order valence-electron chi connectivity index (χ0n) is 29.8. The van der Waals surface area contributed by atoms with Crippen molar-refractivity contribution in [2.45, 2.75) is 0 Å². The highest BCUT2D eigenvalue weighted by Crippen LogP contribution is 2.42. The Balaban J connectivity index is 1.09. The first-order valence-electron chi connectivity index (χ1n) is 18.6. The highest BCUT2D eigenvalue weighted by atomic mass is 16.3. The smallest absolute Gasteiger partial charge is 0.227 e. The van der Waals surface area contributed by atoms with Gasteiger partial charge in [-0.3, -0.25) is 0 Å². The van der Waals surface area contributed by atoms with Gasteiger partial charge in [-0.2, -0.15) is 0 Å². The predicted octanol–water partition coefficient (Wildman–Crippen LogP) is 14.0. The number of hydrogen-bond acceptors (Lipinski definition) is 3. The van der Waals surface area contributed by atoms with Crippen molar-refractivity contribution in [2.24, 2.45) is 0 Å². The van der Waals surface area contributed by atoms with Gasteiger partial charge < -0.3 is 13.9 Å². The van der Waals surface area contributed by atoms with Crippen molar-refractivity contribution in [3.8, 4) is 28.3 Å². The first-order valence-corrected chi connectivity index (χ1v) is 18.6. The van der Waals surface area contributed by atoms with Crippen LogP contribution < -0.4 is 4.90 Å². The van der Waals surface area contributed by atoms with Crippen molar-refractivity contribution < 1.29 is 4.42 Å². The van der Waals surface area contributed by atoms with Crippen molar-refractivity contribution >= 4 is 71.5 Å². The van der Waals surface area contributed by atoms with Gasteiger partial charge in [0.25, 0.3) is 0 Å². The Hall–Kier alpha value is -7.43. The maximum Gasteiger partial charge on any atom is 0.227 e. The van der Waals surface area contributed by atoms with E-state index in [9.17, 15) is 0 Å². The molecule has 0 bridgehead atoms. The lowest BCUT2D eigenvalue weighted by molar-refractivity contribution is 0.623. The average molecular weight is 704 g/mol. The van der Waals surface area contributed by atoms with Gasteiger partial charge in [-0.05, 0) is 112 Å². The topological polar surface area (TPSA) is 34.2 Å². The van der Waals surface area contributed by atoms with Gasteiger partial charge in [-0.25, -0.2) is 4.98 Å². The van der Waals surface area contributed by atoms with Gasteiger partial charge in [0.15, 0.2) is 5.58 Å². The minimum Gasteiger partial charge on any atom is -0.435 e. The molecule has 0 fully saturated rings. The summed E-state index contributed by atoms with van der Waals surface area (Å²) >= 11 is 0. The summed E-state index contributed by atoms with van der Waals surface area (Å²) in [5.74, 6) is 0.628. The van der Waals surface area contributed by atoms with E-state index in [0.717, 1.165) is 50.2 Å². The van der Waals surface area contributed by atoms with Gasteiger partial charge in [0, 0.05) is 44.5 Å². The number of fused-ring (bicyclic) bond motifs is 7. The highest BCUT2D eigenvalue weighted by Gasteiger charge is 2.19. The number of oxazole rings is 1. The van der Waals surface area contributed by atoms with E-state index in [1.54, 1.807) is 0 Å². The summed E-state index contributed by atoms with van der Waals surface area (Å²) in [6.45, 7) is 0. The minimum atomic E-state index is 0.628. The number of aromatic nitrogens is 2. The lowest BCUT2D eigenvalue weighted by Gasteiger charge is -2.26. The highest BCUT2D eigenvalue weighted by molar-refractivity contribution is 6.11. The lowest BCUT2D eigenvalue weighted by atomic mass is 9.98. The molecule has 0 aliphatic heterocycles. The van der Waals surface area contributed by atoms with Gasteiger partial charge >= 0.3 is 0 Å². The molecule has 0 saturated heterocycles. The third kappa shape index (κ3) is 5.19. The molecule has 4 heteroatoms. The van der Waals surface area contributed by atoms with Crippen LogP contribution in [0.3, 0.4) is 0 Å². The van der Waals surface area contributed by atoms with Crippen molar-refractivity contribution in [3.05, 3.63) is 200 Å². The second kappa shape index (κ2) is 12.6. The molecule has 11 aromatic rings. The van der Waals surface area contributed by atoms with E-state index in [1.807, 2.05) is 30.3 Å². The van der Waals surface area contributed by atoms with Gasteiger partial charge in [0.05, 0.1) is 11.0 Å². The number of rotatable bonds is 6. The summed E-state index contributed by atoms with van der Waals surface area (Å²) in [5, 5.41) is 7.02. The first kappa shape index (κ1) is 31.1. The number of benzene rings is 9. The van der Waals surface area contributed by atoms with Crippen LogP contribution in [-0.2, 0) is 0 Å². The SMILES string of the molecule is c1ccc(-c2nc3ccc4cc(N(c5ccc(-c6cccc7ccccc67)cc5)c5ccc6c(c5)c5ccccc5n6-c5ccccc5)ccc4c3o2)cc1. The Morgan fingerprint density at radius 1 is 0.418 bits per heavy atom. The third-order valence-electron chi connectivity index (χ3n) is 10.8. The molecule has 2 aromatic heterocycles. The Morgan fingerprint density at radius 2 is 1.09 bits per heavy atom. The molecule has 0 unspecified atom stereocenters. The summed E-state index contributed by atoms with van der Waals surface area (Å²) < 4.78 is 8.78. The van der Waals surface area contributed by atoms with Gasteiger partial charge in [0.2, 0.25) is 5.89 Å². The predicted molar refractivity (Wildman–Crippen MR) is 229 cm³/mol. The molecule has 9 aromatic carbocycles. The lowest BCUT2D eigenvalue weighted by Crippen LogP contribution is -2.10. The second-order valence-electron chi connectivity index (χ2n) is 14.0. The number of hydrogen-bond donors (Lipinski definition) is 0. The quantitative estimate of drug-likeness (QED) is 0.173. The molecule has 0 spiro atoms. The summed E-state index contributed by atoms with van der Waals surface area (Å²) in [7, 11) is 0. The van der Waals surface area contributed by atoms with Crippen LogP contribution in [0.4, 0.5) is 17.1 Å². The zero-order valence-corrected chi connectivity index (χ0v) is 29.8. The first-order chi connectivity index (χ1) is 27.3. The van der Waals surface area contributed by atoms with Crippen LogP contribution in [0.25, 0.3) is 82.7 Å². The largest absolute Gasteiger partial charge is 0.435 e. The van der Waals surface area contributed by atoms with E-state index < -0.39 is 0 Å². The fourth-order valence-corrected chi connectivity index (χ4v) is 8.21. The van der Waals surface area contributed by atoms with Gasteiger partial charge in [-0.15, -0.1) is 0 Å². The fourth-order valence-electron chi connectivity index (χ4n) is 8.21. The molecule has 0 aliphatic carbocycles. The van der Waals surface area contributed by atoms with Crippen LogP contribution in [0.1, 0.15) is 0 Å². The average Bonchev–Trinajstić information content (AvgIpc) is 3.84. The van der Waals surface area contributed by atoms with Crippen molar-refractivity contribution in [1.82, 2.24) is 9.55 Å². The minimum absolute atomic E-state index is 0.628. The summed E-state index contributed by atoms with van der Waals surface area (Å²) in [5.41, 5.74) is 11.7. The summed E-state index contributed by atoms with van der Waals surface area (Å²) in [4.78, 5) is 7.20. The van der Waals surface area contributed by atoms with Crippen LogP contribution in [0.2, 0.25) is 0 Å². The van der Waals surface area contributed by atoms with Crippen molar-refractivity contribution in [3.63, 3.8) is 0 Å². The number of para-hydroxylation sites is 2. The maximum atomic E-state index is 6.42. The van der Waals surface area contributed by atoms with Gasteiger partial charge in [-0.1, -0.05) is 115 Å². The van der Waals surface area contributed by atoms with E-state index >= 15 is 0 Å². The van der Waals surface area contributed by atoms with Crippen molar-refractivity contribution in [2.75, 3.05) is 4.90 Å². The number of anilines is 3. The fraction of sp³-hybridized carbons (Fsp3) is 0. The van der Waals surface area contributed by atoms with Gasteiger partial charge in [0.1, 0.15) is 5.52 Å². The molecule has 2 heterocycles. The Morgan fingerprint density at radius 3 is 1.95 bits per heavy atom. The summed E-state index contributed by atoms with van der Waals surface area (Å²) in [6.07, 6.45) is 0. The van der Waals surface area contributed by atoms with Crippen LogP contribution in [0, 0.1) is 0 Å². The Bertz CT molecular complexity index is 3190. The molecule has 0 amide bonds. The molecule has 4 nitrogen and oxygen atoms in total. The molecule has 11 rings (SSSR count). The monoisotopic (exact) mass is 703 g/mol. The molecule has 0 saturated carbocycles. The molecule has 258 valence electrons. The third-order valence-corrected chi connectivity index (χ3v) is 10.8. The molecule has 0 radical (unpaired) electrons. The van der Waals surface area contributed by atoms with E-state index in [-0.39, 0.29) is 0 Å². The van der Waals surface area contributed by atoms with E-state index in [0.29, 0.717) is 5.89 Å². The normalized spacial score (nSPS) is 11.6. The van der Waals surface area contributed by atoms with Crippen molar-refractivity contribution in [1.29, 1.82) is 0 Å². The Kier molecular flexibility index (Phi) is 7.14. The standard InChI is InChI=1S/C51H33N3O/c1-3-13-36(14-4-1)51-52-47-30-24-37-32-40(27-29-44(37)50(47)55-51)53(39-25-22-35(23-26-39)43-20-11-15-34-12-7-8-18-42(34)43)41-28-31-49-46(33-41)45-19-9-10-21-48(45)54(49)38-16-5-2-6-17-38/h1-33H. The van der Waals surface area contributed by atoms with E-state index in [2.05, 4.69) is 179 Å². The molecular weight excluding hydrogens is 671 g/mol. The molecule has 55 heavy (non-hydrogen) atoms. The molecule has 0 N–H and O–H groups in total. The van der Waals surface area contributed by atoms with E-state index in [1.165, 1.54) is 43.7 Å². The second-order valence-corrected chi connectivity index (χ2v) is 14.0. The molecule has 0 atom stereocenters. The molecular formula is C51H33N3O. The van der Waals surface area contributed by atoms with Crippen LogP contribution in [0.15, 0.2) is 205 Å². The van der Waals surface area contributed by atoms with E-state index in [4.69, 9.17) is 9.40 Å². The Labute approximate surface area is 317 Å². The molecule has 0 aliphatic rings. The van der Waals surface area contributed by atoms with Crippen LogP contribution in [-0.4, -0.2) is 9.55 Å². The number of nitrogens with zero attached hydrogens (tertiary/aromatic N) is 3.